The van der Waals surface area contributed by atoms with E-state index in [1.165, 1.54) is 21.3 Å². The van der Waals surface area contributed by atoms with Gasteiger partial charge in [0.1, 0.15) is 0 Å². The molecule has 10 heteroatoms. The Hall–Kier alpha value is -1.09. The van der Waals surface area contributed by atoms with Crippen LogP contribution in [0.2, 0.25) is 0 Å². The number of rotatable bonds is 7. The van der Waals surface area contributed by atoms with Crippen molar-refractivity contribution in [1.29, 1.82) is 0 Å². The number of benzene rings is 1. The van der Waals surface area contributed by atoms with Gasteiger partial charge in [-0.3, -0.25) is 4.90 Å². The molecule has 0 aliphatic carbocycles. The summed E-state index contributed by atoms with van der Waals surface area (Å²) in [5.74, 6) is 1.33. The average molecular weight is 435 g/mol. The van der Waals surface area contributed by atoms with Crippen LogP contribution in [-0.2, 0) is 0 Å². The van der Waals surface area contributed by atoms with Gasteiger partial charge in [-0.05, 0) is 24.1 Å². The summed E-state index contributed by atoms with van der Waals surface area (Å²) in [6.45, 7) is 2.90. The molecule has 0 radical (unpaired) electrons. The summed E-state index contributed by atoms with van der Waals surface area (Å²) in [5.41, 5.74) is 0.737. The number of nitrogens with one attached hydrogen (secondary N) is 1. The highest BCUT2D eigenvalue weighted by Gasteiger charge is 2.32. The Balaban J connectivity index is 0.00000338. The molecule has 1 N–H and O–H groups in total. The zero-order valence-corrected chi connectivity index (χ0v) is 17.2. The van der Waals surface area contributed by atoms with E-state index in [1.807, 2.05) is 0 Å². The van der Waals surface area contributed by atoms with Gasteiger partial charge < -0.3 is 19.5 Å². The number of hydrogen-bond donors (Lipinski definition) is 1. The van der Waals surface area contributed by atoms with Crippen LogP contribution in [0.1, 0.15) is 24.4 Å². The van der Waals surface area contributed by atoms with Crippen molar-refractivity contribution in [3.63, 3.8) is 0 Å². The summed E-state index contributed by atoms with van der Waals surface area (Å²) in [6, 6.07) is 3.12. The number of halogens is 5. The SMILES string of the molecule is COc1cc([C@H](CCC(F)(F)F)N2CCNCC2)cc(OC)c1OC.Cl.Cl. The predicted octanol–water partition coefficient (Wildman–Crippen LogP) is 3.84. The molecule has 5 nitrogen and oxygen atoms in total. The van der Waals surface area contributed by atoms with Gasteiger partial charge in [-0.15, -0.1) is 24.8 Å². The van der Waals surface area contributed by atoms with E-state index < -0.39 is 12.6 Å². The molecule has 0 amide bonds. The van der Waals surface area contributed by atoms with Crippen LogP contribution in [0, 0.1) is 0 Å². The van der Waals surface area contributed by atoms with Crippen molar-refractivity contribution in [3.05, 3.63) is 17.7 Å². The summed E-state index contributed by atoms with van der Waals surface area (Å²) in [6.07, 6.45) is -5.03. The minimum absolute atomic E-state index is 0. The van der Waals surface area contributed by atoms with Crippen molar-refractivity contribution in [2.45, 2.75) is 25.1 Å². The molecule has 0 saturated carbocycles. The first-order chi connectivity index (χ1) is 11.9. The van der Waals surface area contributed by atoms with Gasteiger partial charge in [0.15, 0.2) is 11.5 Å². The third-order valence-electron chi connectivity index (χ3n) is 4.37. The fourth-order valence-electron chi connectivity index (χ4n) is 3.15. The lowest BCUT2D eigenvalue weighted by Crippen LogP contribution is -2.45. The first-order valence-electron chi connectivity index (χ1n) is 8.21. The Morgan fingerprint density at radius 2 is 1.52 bits per heavy atom. The fraction of sp³-hybridized carbons (Fsp3) is 0.647. The van der Waals surface area contributed by atoms with E-state index in [2.05, 4.69) is 10.2 Å². The molecule has 1 atom stereocenters. The third-order valence-corrected chi connectivity index (χ3v) is 4.37. The van der Waals surface area contributed by atoms with E-state index in [0.29, 0.717) is 30.3 Å². The Morgan fingerprint density at radius 3 is 1.93 bits per heavy atom. The molecule has 1 saturated heterocycles. The highest BCUT2D eigenvalue weighted by molar-refractivity contribution is 5.85. The Morgan fingerprint density at radius 1 is 1.00 bits per heavy atom. The Labute approximate surface area is 170 Å². The second kappa shape index (κ2) is 11.7. The molecule has 0 unspecified atom stereocenters. The van der Waals surface area contributed by atoms with Crippen LogP contribution in [0.15, 0.2) is 12.1 Å². The highest BCUT2D eigenvalue weighted by atomic mass is 35.5. The molecule has 1 heterocycles. The van der Waals surface area contributed by atoms with Crippen molar-refractivity contribution >= 4 is 24.8 Å². The van der Waals surface area contributed by atoms with E-state index in [9.17, 15) is 13.2 Å². The van der Waals surface area contributed by atoms with Crippen LogP contribution in [-0.4, -0.2) is 58.6 Å². The second-order valence-corrected chi connectivity index (χ2v) is 5.91. The van der Waals surface area contributed by atoms with Crippen molar-refractivity contribution in [2.24, 2.45) is 0 Å². The van der Waals surface area contributed by atoms with Crippen LogP contribution in [0.3, 0.4) is 0 Å². The molecule has 1 fully saturated rings. The average Bonchev–Trinajstić information content (AvgIpc) is 2.60. The molecule has 27 heavy (non-hydrogen) atoms. The fourth-order valence-corrected chi connectivity index (χ4v) is 3.15. The Kier molecular flexibility index (Phi) is 11.2. The van der Waals surface area contributed by atoms with Crippen LogP contribution < -0.4 is 19.5 Å². The molecule has 1 aliphatic heterocycles. The van der Waals surface area contributed by atoms with Crippen LogP contribution in [0.4, 0.5) is 13.2 Å². The van der Waals surface area contributed by atoms with Crippen molar-refractivity contribution in [2.75, 3.05) is 47.5 Å². The van der Waals surface area contributed by atoms with Gasteiger partial charge in [0.25, 0.3) is 0 Å². The van der Waals surface area contributed by atoms with Crippen LogP contribution >= 0.6 is 24.8 Å². The molecule has 1 aromatic carbocycles. The molecular weight excluding hydrogens is 408 g/mol. The molecule has 2 rings (SSSR count). The second-order valence-electron chi connectivity index (χ2n) is 5.91. The topological polar surface area (TPSA) is 43.0 Å². The number of nitrogens with zero attached hydrogens (tertiary/aromatic N) is 1. The molecule has 0 aromatic heterocycles. The Bertz CT molecular complexity index is 546. The highest BCUT2D eigenvalue weighted by Crippen LogP contribution is 2.42. The molecule has 0 bridgehead atoms. The van der Waals surface area contributed by atoms with Gasteiger partial charge in [-0.2, -0.15) is 13.2 Å². The largest absolute Gasteiger partial charge is 0.493 e. The maximum atomic E-state index is 12.8. The van der Waals surface area contributed by atoms with E-state index >= 15 is 0 Å². The zero-order valence-electron chi connectivity index (χ0n) is 15.6. The summed E-state index contributed by atoms with van der Waals surface area (Å²) in [4.78, 5) is 2.07. The van der Waals surface area contributed by atoms with E-state index in [4.69, 9.17) is 14.2 Å². The lowest BCUT2D eigenvalue weighted by atomic mass is 9.98. The standard InChI is InChI=1S/C17H25F3N2O3.2ClH/c1-23-14-10-12(11-15(24-2)16(14)25-3)13(4-5-17(18,19)20)22-8-6-21-7-9-22;;/h10-11,13,21H,4-9H2,1-3H3;2*1H/t13-;;/m0../s1. The minimum atomic E-state index is -4.19. The normalized spacial score (nSPS) is 15.9. The van der Waals surface area contributed by atoms with E-state index in [-0.39, 0.29) is 37.3 Å². The number of alkyl halides is 3. The summed E-state index contributed by atoms with van der Waals surface area (Å²) >= 11 is 0. The van der Waals surface area contributed by atoms with Gasteiger partial charge in [0.2, 0.25) is 5.75 Å². The van der Waals surface area contributed by atoms with E-state index in [1.54, 1.807) is 12.1 Å². The van der Waals surface area contributed by atoms with Crippen molar-refractivity contribution in [1.82, 2.24) is 10.2 Å². The van der Waals surface area contributed by atoms with Gasteiger partial charge in [-0.25, -0.2) is 0 Å². The molecule has 158 valence electrons. The van der Waals surface area contributed by atoms with Crippen LogP contribution in [0.25, 0.3) is 0 Å². The summed E-state index contributed by atoms with van der Waals surface area (Å²) in [7, 11) is 4.49. The third kappa shape index (κ3) is 7.10. The maximum absolute atomic E-state index is 12.8. The van der Waals surface area contributed by atoms with Gasteiger partial charge in [0.05, 0.1) is 21.3 Å². The number of ether oxygens (including phenoxy) is 3. The van der Waals surface area contributed by atoms with E-state index in [0.717, 1.165) is 18.7 Å². The molecule has 1 aromatic rings. The van der Waals surface area contributed by atoms with Crippen molar-refractivity contribution < 1.29 is 27.4 Å². The predicted molar refractivity (Wildman–Crippen MR) is 103 cm³/mol. The smallest absolute Gasteiger partial charge is 0.389 e. The van der Waals surface area contributed by atoms with Crippen molar-refractivity contribution in [3.8, 4) is 17.2 Å². The van der Waals surface area contributed by atoms with Gasteiger partial charge in [-0.1, -0.05) is 0 Å². The first-order valence-corrected chi connectivity index (χ1v) is 8.21. The zero-order chi connectivity index (χ0) is 18.4. The number of hydrogen-bond acceptors (Lipinski definition) is 5. The minimum Gasteiger partial charge on any atom is -0.493 e. The van der Waals surface area contributed by atoms with Gasteiger partial charge in [0, 0.05) is 38.6 Å². The quantitative estimate of drug-likeness (QED) is 0.705. The lowest BCUT2D eigenvalue weighted by molar-refractivity contribution is -0.138. The molecule has 1 aliphatic rings. The molecule has 0 spiro atoms. The summed E-state index contributed by atoms with van der Waals surface area (Å²) < 4.78 is 54.4. The number of methoxy groups -OCH3 is 3. The summed E-state index contributed by atoms with van der Waals surface area (Å²) in [5, 5.41) is 3.22. The maximum Gasteiger partial charge on any atom is 0.389 e. The lowest BCUT2D eigenvalue weighted by Gasteiger charge is -2.36. The van der Waals surface area contributed by atoms with Gasteiger partial charge >= 0.3 is 6.18 Å². The molecular formula is C17H27Cl2F3N2O3. The first kappa shape index (κ1) is 25.9. The number of piperazine rings is 1. The van der Waals surface area contributed by atoms with Crippen LogP contribution in [0.5, 0.6) is 17.2 Å². The monoisotopic (exact) mass is 434 g/mol.